The van der Waals surface area contributed by atoms with Crippen LogP contribution in [0, 0.1) is 13.8 Å². The second kappa shape index (κ2) is 7.88. The summed E-state index contributed by atoms with van der Waals surface area (Å²) in [4.78, 5) is 13.0. The molecule has 5 heteroatoms. The third kappa shape index (κ3) is 4.93. The molecule has 0 bridgehead atoms. The average Bonchev–Trinajstić information content (AvgIpc) is 2.81. The van der Waals surface area contributed by atoms with E-state index in [1.807, 2.05) is 32.0 Å². The van der Waals surface area contributed by atoms with Crippen molar-refractivity contribution < 1.29 is 9.32 Å². The molecule has 0 aliphatic rings. The summed E-state index contributed by atoms with van der Waals surface area (Å²) in [6, 6.07) is 10.2. The lowest BCUT2D eigenvalue weighted by molar-refractivity contribution is -0.120. The van der Waals surface area contributed by atoms with Gasteiger partial charge in [0.25, 0.3) is 0 Å². The van der Waals surface area contributed by atoms with Crippen LogP contribution in [0.1, 0.15) is 23.4 Å². The number of amides is 1. The molecule has 0 fully saturated rings. The summed E-state index contributed by atoms with van der Waals surface area (Å²) in [6.07, 6.45) is 1.15. The number of aromatic nitrogens is 1. The zero-order valence-electron chi connectivity index (χ0n) is 12.4. The molecule has 0 aliphatic carbocycles. The smallest absolute Gasteiger partial charge is 0.220 e. The van der Waals surface area contributed by atoms with Crippen LogP contribution in [0.2, 0.25) is 0 Å². The molecule has 0 atom stereocenters. The number of nitrogens with zero attached hydrogens (tertiary/aromatic N) is 1. The van der Waals surface area contributed by atoms with Crippen molar-refractivity contribution in [3.05, 3.63) is 47.3 Å². The van der Waals surface area contributed by atoms with Gasteiger partial charge in [-0.1, -0.05) is 23.4 Å². The van der Waals surface area contributed by atoms with Gasteiger partial charge >= 0.3 is 0 Å². The molecule has 4 nitrogen and oxygen atoms in total. The van der Waals surface area contributed by atoms with E-state index in [9.17, 15) is 4.79 Å². The first-order chi connectivity index (χ1) is 10.2. The van der Waals surface area contributed by atoms with Gasteiger partial charge in [0.15, 0.2) is 0 Å². The topological polar surface area (TPSA) is 55.1 Å². The number of thioether (sulfide) groups is 1. The molecule has 1 aromatic heterocycles. The summed E-state index contributed by atoms with van der Waals surface area (Å²) in [5.74, 6) is 1.75. The first kappa shape index (κ1) is 15.6. The van der Waals surface area contributed by atoms with E-state index in [0.717, 1.165) is 22.8 Å². The Balaban J connectivity index is 1.64. The van der Waals surface area contributed by atoms with Gasteiger partial charge in [0.1, 0.15) is 5.76 Å². The van der Waals surface area contributed by atoms with Crippen molar-refractivity contribution in [2.75, 3.05) is 12.3 Å². The lowest BCUT2D eigenvalue weighted by Gasteiger charge is -2.05. The minimum atomic E-state index is 0.0728. The normalized spacial score (nSPS) is 10.6. The van der Waals surface area contributed by atoms with E-state index in [1.54, 1.807) is 11.8 Å². The van der Waals surface area contributed by atoms with Crippen LogP contribution in [0.4, 0.5) is 0 Å². The van der Waals surface area contributed by atoms with Gasteiger partial charge in [0, 0.05) is 29.2 Å². The van der Waals surface area contributed by atoms with Crippen molar-refractivity contribution in [1.29, 1.82) is 0 Å². The minimum Gasteiger partial charge on any atom is -0.361 e. The van der Waals surface area contributed by atoms with Gasteiger partial charge in [-0.3, -0.25) is 4.79 Å². The second-order valence-corrected chi connectivity index (χ2v) is 5.98. The maximum absolute atomic E-state index is 11.8. The first-order valence-corrected chi connectivity index (χ1v) is 8.01. The maximum atomic E-state index is 11.8. The van der Waals surface area contributed by atoms with Crippen LogP contribution in [0.15, 0.2) is 39.8 Å². The molecule has 0 saturated carbocycles. The van der Waals surface area contributed by atoms with Crippen LogP contribution in [0.3, 0.4) is 0 Å². The molecule has 21 heavy (non-hydrogen) atoms. The Kier molecular flexibility index (Phi) is 5.87. The van der Waals surface area contributed by atoms with Crippen molar-refractivity contribution >= 4 is 17.7 Å². The van der Waals surface area contributed by atoms with Gasteiger partial charge in [-0.15, -0.1) is 11.8 Å². The van der Waals surface area contributed by atoms with E-state index in [0.29, 0.717) is 19.4 Å². The Labute approximate surface area is 129 Å². The number of aryl methyl sites for hydroxylation is 2. The first-order valence-electron chi connectivity index (χ1n) is 7.03. The summed E-state index contributed by atoms with van der Waals surface area (Å²) in [5, 5.41) is 6.84. The molecule has 0 saturated heterocycles. The fourth-order valence-electron chi connectivity index (χ4n) is 2.06. The van der Waals surface area contributed by atoms with Crippen molar-refractivity contribution in [3.8, 4) is 0 Å². The molecule has 0 radical (unpaired) electrons. The number of carbonyl (C=O) groups excluding carboxylic acids is 1. The molecule has 1 heterocycles. The number of carbonyl (C=O) groups is 1. The molecule has 0 unspecified atom stereocenters. The van der Waals surface area contributed by atoms with E-state index in [2.05, 4.69) is 22.6 Å². The van der Waals surface area contributed by atoms with Crippen molar-refractivity contribution in [3.63, 3.8) is 0 Å². The highest BCUT2D eigenvalue weighted by Crippen LogP contribution is 2.16. The van der Waals surface area contributed by atoms with Gasteiger partial charge in [-0.05, 0) is 32.4 Å². The van der Waals surface area contributed by atoms with Gasteiger partial charge in [0.2, 0.25) is 5.91 Å². The Morgan fingerprint density at radius 1 is 1.29 bits per heavy atom. The average molecular weight is 304 g/mol. The third-order valence-corrected chi connectivity index (χ3v) is 4.23. The molecule has 1 N–H and O–H groups in total. The molecule has 0 spiro atoms. The molecule has 2 aromatic rings. The standard InChI is InChI=1S/C16H20N2O2S/c1-12-15(13(2)20-18-12)8-9-16(19)17-10-11-21-14-6-4-3-5-7-14/h3-7H,8-11H2,1-2H3,(H,17,19). The molecular weight excluding hydrogens is 284 g/mol. The Hall–Kier alpha value is -1.75. The quantitative estimate of drug-likeness (QED) is 0.631. The molecular formula is C16H20N2O2S. The number of hydrogen-bond donors (Lipinski definition) is 1. The Morgan fingerprint density at radius 2 is 2.05 bits per heavy atom. The zero-order chi connectivity index (χ0) is 15.1. The highest BCUT2D eigenvalue weighted by molar-refractivity contribution is 7.99. The highest BCUT2D eigenvalue weighted by atomic mass is 32.2. The summed E-state index contributed by atoms with van der Waals surface area (Å²) < 4.78 is 5.09. The van der Waals surface area contributed by atoms with Crippen molar-refractivity contribution in [2.45, 2.75) is 31.6 Å². The lowest BCUT2D eigenvalue weighted by Crippen LogP contribution is -2.26. The van der Waals surface area contributed by atoms with E-state index in [-0.39, 0.29) is 5.91 Å². The van der Waals surface area contributed by atoms with Crippen molar-refractivity contribution in [2.24, 2.45) is 0 Å². The summed E-state index contributed by atoms with van der Waals surface area (Å²) in [5.41, 5.74) is 1.92. The summed E-state index contributed by atoms with van der Waals surface area (Å²) >= 11 is 1.74. The molecule has 2 rings (SSSR count). The third-order valence-electron chi connectivity index (χ3n) is 3.22. The monoisotopic (exact) mass is 304 g/mol. The van der Waals surface area contributed by atoms with E-state index in [4.69, 9.17) is 4.52 Å². The zero-order valence-corrected chi connectivity index (χ0v) is 13.2. The predicted octanol–water partition coefficient (Wildman–Crippen LogP) is 3.13. The number of hydrogen-bond acceptors (Lipinski definition) is 4. The molecule has 1 aromatic carbocycles. The summed E-state index contributed by atoms with van der Waals surface area (Å²) in [6.45, 7) is 4.46. The van der Waals surface area contributed by atoms with Crippen LogP contribution in [0.5, 0.6) is 0 Å². The van der Waals surface area contributed by atoms with Gasteiger partial charge in [0.05, 0.1) is 5.69 Å². The Bertz CT molecular complexity index is 562. The highest BCUT2D eigenvalue weighted by Gasteiger charge is 2.10. The van der Waals surface area contributed by atoms with E-state index in [1.165, 1.54) is 4.90 Å². The summed E-state index contributed by atoms with van der Waals surface area (Å²) in [7, 11) is 0. The second-order valence-electron chi connectivity index (χ2n) is 4.81. The minimum absolute atomic E-state index is 0.0728. The molecule has 0 aliphatic heterocycles. The van der Waals surface area contributed by atoms with Crippen LogP contribution in [0.25, 0.3) is 0 Å². The fraction of sp³-hybridized carbons (Fsp3) is 0.375. The van der Waals surface area contributed by atoms with E-state index < -0.39 is 0 Å². The maximum Gasteiger partial charge on any atom is 0.220 e. The van der Waals surface area contributed by atoms with Crippen LogP contribution >= 0.6 is 11.8 Å². The molecule has 1 amide bonds. The van der Waals surface area contributed by atoms with Crippen molar-refractivity contribution in [1.82, 2.24) is 10.5 Å². The lowest BCUT2D eigenvalue weighted by atomic mass is 10.1. The van der Waals surface area contributed by atoms with Gasteiger partial charge in [-0.25, -0.2) is 0 Å². The fourth-order valence-corrected chi connectivity index (χ4v) is 2.85. The number of nitrogens with one attached hydrogen (secondary N) is 1. The van der Waals surface area contributed by atoms with Gasteiger partial charge < -0.3 is 9.84 Å². The molecule has 112 valence electrons. The number of benzene rings is 1. The van der Waals surface area contributed by atoms with Crippen LogP contribution in [-0.4, -0.2) is 23.4 Å². The Morgan fingerprint density at radius 3 is 2.71 bits per heavy atom. The predicted molar refractivity (Wildman–Crippen MR) is 84.5 cm³/mol. The SMILES string of the molecule is Cc1noc(C)c1CCC(=O)NCCSc1ccccc1. The van der Waals surface area contributed by atoms with Crippen LogP contribution < -0.4 is 5.32 Å². The largest absolute Gasteiger partial charge is 0.361 e. The van der Waals surface area contributed by atoms with Crippen LogP contribution in [-0.2, 0) is 11.2 Å². The van der Waals surface area contributed by atoms with E-state index >= 15 is 0 Å². The number of rotatable bonds is 7. The van der Waals surface area contributed by atoms with Gasteiger partial charge in [-0.2, -0.15) is 0 Å².